The van der Waals surface area contributed by atoms with Crippen molar-refractivity contribution < 1.29 is 51.9 Å². The molecular weight excluding hydrogens is 416 g/mol. The predicted octanol–water partition coefficient (Wildman–Crippen LogP) is -0.701. The fourth-order valence-electron chi connectivity index (χ4n) is 0.179. The molecule has 0 aliphatic rings. The van der Waals surface area contributed by atoms with Crippen LogP contribution in [0.1, 0.15) is 0 Å². The van der Waals surface area contributed by atoms with Crippen molar-refractivity contribution in [2.24, 2.45) is 0 Å². The average molecular weight is 420 g/mol. The van der Waals surface area contributed by atoms with Crippen LogP contribution in [-0.2, 0) is 36.6 Å². The van der Waals surface area contributed by atoms with Crippen LogP contribution in [0.2, 0.25) is 0 Å². The average Bonchev–Trinajstić information content (AvgIpc) is 1.91. The van der Waals surface area contributed by atoms with Gasteiger partial charge in [0.25, 0.3) is 0 Å². The van der Waals surface area contributed by atoms with Crippen molar-refractivity contribution in [1.29, 1.82) is 0 Å². The Bertz CT molecular complexity index is 605. The van der Waals surface area contributed by atoms with Gasteiger partial charge in [0, 0.05) is 0 Å². The van der Waals surface area contributed by atoms with Crippen molar-refractivity contribution in [1.82, 2.24) is 0 Å². The lowest BCUT2D eigenvalue weighted by atomic mass is 15.9. The third-order valence-electron chi connectivity index (χ3n) is 0.372. The first-order valence-corrected chi connectivity index (χ1v) is 13.7. The maximum atomic E-state index is 9.80. The summed E-state index contributed by atoms with van der Waals surface area (Å²) in [6.45, 7) is 0. The first-order valence-electron chi connectivity index (χ1n) is 2.90. The largest absolute Gasteiger partial charge is 0.336 e. The first-order chi connectivity index (χ1) is 7.91. The summed E-state index contributed by atoms with van der Waals surface area (Å²) >= 11 is 0. The van der Waals surface area contributed by atoms with Gasteiger partial charge in [0.2, 0.25) is 0 Å². The molecule has 12 nitrogen and oxygen atoms in total. The van der Waals surface area contributed by atoms with E-state index in [1.54, 1.807) is 0 Å². The maximum Gasteiger partial charge on any atom is 0.336 e. The topological polar surface area (TPSA) is 217 Å². The Balaban J connectivity index is 0. The van der Waals surface area contributed by atoms with Gasteiger partial charge >= 0.3 is 36.6 Å². The van der Waals surface area contributed by atoms with Gasteiger partial charge in [-0.1, -0.05) is 0 Å². The molecule has 0 bridgehead atoms. The van der Waals surface area contributed by atoms with Gasteiger partial charge in [-0.25, -0.2) is 0 Å². The molecule has 0 saturated carbocycles. The summed E-state index contributed by atoms with van der Waals surface area (Å²) < 4.78 is 109. The van der Waals surface area contributed by atoms with E-state index < -0.39 is 46.4 Å². The Labute approximate surface area is 117 Å². The van der Waals surface area contributed by atoms with Gasteiger partial charge in [0.05, 0.1) is 19.7 Å². The maximum absolute atomic E-state index is 9.80. The van der Waals surface area contributed by atoms with Gasteiger partial charge in [-0.15, -0.1) is 0 Å². The Morgan fingerprint density at radius 2 is 0.684 bits per heavy atom. The van der Waals surface area contributed by atoms with Crippen LogP contribution in [0.3, 0.4) is 0 Å². The molecule has 0 rings (SSSR count). The van der Waals surface area contributed by atoms with Crippen molar-refractivity contribution in [3.63, 3.8) is 0 Å². The quantitative estimate of drug-likeness (QED) is 0.319. The second-order valence-electron chi connectivity index (χ2n) is 1.92. The van der Waals surface area contributed by atoms with Gasteiger partial charge in [0.1, 0.15) is 0 Å². The second-order valence-corrected chi connectivity index (χ2v) is 15.7. The molecule has 0 amide bonds. The smallest absolute Gasteiger partial charge is 0.277 e. The highest BCUT2D eigenvalue weighted by molar-refractivity contribution is 9.21. The summed E-state index contributed by atoms with van der Waals surface area (Å²) in [5.41, 5.74) is 0. The zero-order valence-electron chi connectivity index (χ0n) is 7.91. The summed E-state index contributed by atoms with van der Waals surface area (Å²) in [4.78, 5) is 0. The van der Waals surface area contributed by atoms with Gasteiger partial charge in [-0.2, -0.15) is 33.7 Å². The van der Waals surface area contributed by atoms with Crippen LogP contribution in [0.25, 0.3) is 0 Å². The Kier molecular flexibility index (Phi) is 8.82. The molecule has 0 aromatic heterocycles. The Morgan fingerprint density at radius 1 is 0.474 bits per heavy atom. The molecule has 0 radical (unpaired) electrons. The lowest BCUT2D eigenvalue weighted by Crippen LogP contribution is -1.97. The summed E-state index contributed by atoms with van der Waals surface area (Å²) in [5, 5.41) is 0. The summed E-state index contributed by atoms with van der Waals surface area (Å²) in [7, 11) is -19.9. The van der Waals surface area contributed by atoms with Crippen molar-refractivity contribution in [2.75, 3.05) is 0 Å². The van der Waals surface area contributed by atoms with Crippen molar-refractivity contribution >= 4 is 66.1 Å². The summed E-state index contributed by atoms with van der Waals surface area (Å²) in [6.07, 6.45) is 0. The number of rotatable bonds is 5. The molecule has 0 spiro atoms. The minimum atomic E-state index is -4.70. The van der Waals surface area contributed by atoms with E-state index in [0.717, 1.165) is 0 Å². The molecule has 0 fully saturated rings. The van der Waals surface area contributed by atoms with Crippen molar-refractivity contribution in [3.8, 4) is 0 Å². The molecule has 0 aliphatic heterocycles. The van der Waals surface area contributed by atoms with Crippen LogP contribution < -0.4 is 0 Å². The first kappa shape index (κ1) is 22.0. The molecule has 0 heterocycles. The minimum absolute atomic E-state index is 0.353. The highest BCUT2D eigenvalue weighted by Gasteiger charge is 2.17. The summed E-state index contributed by atoms with van der Waals surface area (Å²) in [5.74, 6) is 0. The van der Waals surface area contributed by atoms with Crippen LogP contribution in [0.5, 0.6) is 0 Å². The van der Waals surface area contributed by atoms with E-state index in [-0.39, 0.29) is 19.7 Å². The minimum Gasteiger partial charge on any atom is -0.277 e. The van der Waals surface area contributed by atoms with Crippen LogP contribution in [0.15, 0.2) is 0 Å². The lowest BCUT2D eigenvalue weighted by molar-refractivity contribution is 0.497. The molecule has 4 N–H and O–H groups in total. The van der Waals surface area contributed by atoms with Gasteiger partial charge in [0.15, 0.2) is 9.83 Å². The van der Waals surface area contributed by atoms with E-state index in [0.29, 0.717) is 0 Å². The van der Waals surface area contributed by atoms with Crippen LogP contribution in [-0.4, -0.2) is 51.9 Å². The molecular formula is H4O12S7. The third kappa shape index (κ3) is 27.8. The van der Waals surface area contributed by atoms with Crippen LogP contribution >= 0.6 is 29.5 Å². The lowest BCUT2D eigenvalue weighted by Gasteiger charge is -1.89. The molecule has 0 unspecified atom stereocenters. The molecule has 0 atom stereocenters. The van der Waals surface area contributed by atoms with E-state index in [4.69, 9.17) is 18.2 Å². The Morgan fingerprint density at radius 3 is 0.737 bits per heavy atom. The van der Waals surface area contributed by atoms with E-state index in [9.17, 15) is 33.7 Å². The van der Waals surface area contributed by atoms with Gasteiger partial charge in [-0.3, -0.25) is 18.2 Å². The van der Waals surface area contributed by atoms with Gasteiger partial charge < -0.3 is 0 Å². The van der Waals surface area contributed by atoms with E-state index >= 15 is 0 Å². The molecule has 0 aromatic rings. The van der Waals surface area contributed by atoms with Crippen LogP contribution in [0, 0.1) is 0 Å². The fraction of sp³-hybridized carbons (Fsp3) is 0. The molecule has 19 heteroatoms. The number of hydrogen-bond donors (Lipinski definition) is 4. The molecule has 0 aliphatic carbocycles. The van der Waals surface area contributed by atoms with E-state index in [1.165, 1.54) is 0 Å². The second kappa shape index (κ2) is 7.63. The highest BCUT2D eigenvalue weighted by Crippen LogP contribution is 2.30. The van der Waals surface area contributed by atoms with Crippen molar-refractivity contribution in [2.45, 2.75) is 0 Å². The van der Waals surface area contributed by atoms with Gasteiger partial charge in [-0.05, 0) is 0 Å². The number of hydrogen-bond acceptors (Lipinski definition) is 11. The molecule has 0 aromatic carbocycles. The Hall–Kier alpha value is 0.690. The van der Waals surface area contributed by atoms with Crippen LogP contribution in [0.4, 0.5) is 0 Å². The monoisotopic (exact) mass is 420 g/mol. The van der Waals surface area contributed by atoms with E-state index in [1.807, 2.05) is 0 Å². The fourth-order valence-corrected chi connectivity index (χ4v) is 8.62. The zero-order chi connectivity index (χ0) is 16.1. The highest BCUT2D eigenvalue weighted by atomic mass is 33.7. The SMILES string of the molecule is O=S(=O)(O)SS(=O)(=O)O.O=S(=O)(O)SSS(=O)(=O)O. The normalized spacial score (nSPS) is 13.5. The molecule has 118 valence electrons. The molecule has 0 saturated heterocycles. The van der Waals surface area contributed by atoms with Crippen molar-refractivity contribution in [3.05, 3.63) is 0 Å². The molecule has 19 heavy (non-hydrogen) atoms. The van der Waals surface area contributed by atoms with E-state index in [2.05, 4.69) is 0 Å². The zero-order valence-corrected chi connectivity index (χ0v) is 13.6. The summed E-state index contributed by atoms with van der Waals surface area (Å²) in [6, 6.07) is 0. The predicted molar refractivity (Wildman–Crippen MR) is 69.0 cm³/mol. The standard InChI is InChI=1S/H2O6S4.H2O6S3/c1-9(2,3)7-8-10(4,5)6;1-8(2,3)7-9(4,5)6/h(H,1,2,3)(H,4,5,6);(H,1,2,3)(H,4,5,6). The third-order valence-corrected chi connectivity index (χ3v) is 11.5.